The average molecular weight is 529 g/mol. The van der Waals surface area contributed by atoms with E-state index in [0.717, 1.165) is 60.9 Å². The molecule has 0 radical (unpaired) electrons. The number of ether oxygens (including phenoxy) is 2. The van der Waals surface area contributed by atoms with Crippen molar-refractivity contribution in [2.24, 2.45) is 0 Å². The van der Waals surface area contributed by atoms with E-state index in [9.17, 15) is 4.79 Å². The van der Waals surface area contributed by atoms with Crippen molar-refractivity contribution in [3.63, 3.8) is 0 Å². The monoisotopic (exact) mass is 528 g/mol. The Morgan fingerprint density at radius 3 is 2.67 bits per heavy atom. The molecule has 1 fully saturated rings. The van der Waals surface area contributed by atoms with Crippen LogP contribution >= 0.6 is 0 Å². The standard InChI is InChI=1S/C30H36N6O3/c1-20(18-31)19-33-28-25-17-22(6-5-21(25)7-12-27(28)39-4)29-32-14-13-26(35-29)30(37)34-23-8-10-24(11-9-23)36(2)15-16-38-3/h5-7,12-14,17,23-24,33H,1,8-11,15-16,19H2,2-4H3,(H,34,37)/t23-,24-. The van der Waals surface area contributed by atoms with E-state index < -0.39 is 0 Å². The van der Waals surface area contributed by atoms with E-state index in [4.69, 9.17) is 14.7 Å². The first-order chi connectivity index (χ1) is 18.9. The van der Waals surface area contributed by atoms with Gasteiger partial charge in [0.1, 0.15) is 11.4 Å². The van der Waals surface area contributed by atoms with Crippen LogP contribution in [0, 0.1) is 11.3 Å². The summed E-state index contributed by atoms with van der Waals surface area (Å²) in [6.07, 6.45) is 5.57. The van der Waals surface area contributed by atoms with E-state index in [1.54, 1.807) is 26.5 Å². The summed E-state index contributed by atoms with van der Waals surface area (Å²) in [5.41, 5.74) is 2.28. The molecule has 9 heteroatoms. The Bertz CT molecular complexity index is 1360. The molecule has 2 aromatic carbocycles. The smallest absolute Gasteiger partial charge is 0.270 e. The maximum atomic E-state index is 13.1. The van der Waals surface area contributed by atoms with Gasteiger partial charge in [-0.2, -0.15) is 5.26 Å². The Balaban J connectivity index is 1.49. The first-order valence-electron chi connectivity index (χ1n) is 13.2. The zero-order chi connectivity index (χ0) is 27.8. The van der Waals surface area contributed by atoms with Gasteiger partial charge in [0.05, 0.1) is 25.5 Å². The molecule has 1 amide bonds. The number of amides is 1. The fraction of sp³-hybridized carbons (Fsp3) is 0.400. The van der Waals surface area contributed by atoms with Gasteiger partial charge in [0, 0.05) is 55.0 Å². The van der Waals surface area contributed by atoms with Gasteiger partial charge in [-0.15, -0.1) is 0 Å². The first kappa shape index (κ1) is 28.0. The SMILES string of the molecule is C=C(C#N)CNc1c(OC)ccc2ccc(-c3nccc(C(=O)N[C@H]4CC[C@H](N(C)CCOC)CC4)n3)cc12. The predicted octanol–water partition coefficient (Wildman–Crippen LogP) is 4.42. The largest absolute Gasteiger partial charge is 0.495 e. The molecule has 0 bridgehead atoms. The molecule has 1 aromatic heterocycles. The van der Waals surface area contributed by atoms with Gasteiger partial charge in [-0.25, -0.2) is 9.97 Å². The normalized spacial score (nSPS) is 17.0. The molecule has 1 aliphatic carbocycles. The van der Waals surface area contributed by atoms with Crippen LogP contribution in [0.5, 0.6) is 5.75 Å². The lowest BCUT2D eigenvalue weighted by atomic mass is 9.90. The van der Waals surface area contributed by atoms with Crippen molar-refractivity contribution in [3.8, 4) is 23.2 Å². The van der Waals surface area contributed by atoms with Gasteiger partial charge in [-0.1, -0.05) is 24.8 Å². The lowest BCUT2D eigenvalue weighted by Crippen LogP contribution is -2.43. The van der Waals surface area contributed by atoms with Crippen molar-refractivity contribution in [1.82, 2.24) is 20.2 Å². The second-order valence-corrected chi connectivity index (χ2v) is 9.87. The number of nitriles is 1. The van der Waals surface area contributed by atoms with Gasteiger partial charge >= 0.3 is 0 Å². The fourth-order valence-electron chi connectivity index (χ4n) is 4.99. The van der Waals surface area contributed by atoms with Crippen LogP contribution in [0.3, 0.4) is 0 Å². The number of carbonyl (C=O) groups is 1. The highest BCUT2D eigenvalue weighted by Crippen LogP contribution is 2.35. The van der Waals surface area contributed by atoms with E-state index in [-0.39, 0.29) is 11.9 Å². The molecule has 0 saturated heterocycles. The molecule has 1 saturated carbocycles. The number of carbonyl (C=O) groups excluding carboxylic acids is 1. The van der Waals surface area contributed by atoms with Crippen LogP contribution in [0.15, 0.2) is 54.7 Å². The van der Waals surface area contributed by atoms with Gasteiger partial charge in [0.25, 0.3) is 5.91 Å². The molecule has 0 aliphatic heterocycles. The minimum atomic E-state index is -0.185. The molecule has 0 atom stereocenters. The molecule has 2 N–H and O–H groups in total. The fourth-order valence-corrected chi connectivity index (χ4v) is 4.99. The summed E-state index contributed by atoms with van der Waals surface area (Å²) in [6, 6.07) is 14.1. The molecule has 9 nitrogen and oxygen atoms in total. The molecule has 1 heterocycles. The van der Waals surface area contributed by atoms with E-state index in [1.807, 2.05) is 30.3 Å². The summed E-state index contributed by atoms with van der Waals surface area (Å²) in [5, 5.41) is 17.4. The van der Waals surface area contributed by atoms with Crippen molar-refractivity contribution in [2.75, 3.05) is 46.3 Å². The number of nitrogens with one attached hydrogen (secondary N) is 2. The Kier molecular flexibility index (Phi) is 9.47. The van der Waals surface area contributed by atoms with Crippen molar-refractivity contribution < 1.29 is 14.3 Å². The number of aromatic nitrogens is 2. The lowest BCUT2D eigenvalue weighted by molar-refractivity contribution is 0.0891. The van der Waals surface area contributed by atoms with Crippen molar-refractivity contribution in [2.45, 2.75) is 37.8 Å². The Labute approximate surface area is 229 Å². The van der Waals surface area contributed by atoms with Crippen LogP contribution in [0.25, 0.3) is 22.2 Å². The summed E-state index contributed by atoms with van der Waals surface area (Å²) in [5.74, 6) is 0.928. The zero-order valence-corrected chi connectivity index (χ0v) is 22.9. The van der Waals surface area contributed by atoms with E-state index in [1.165, 1.54) is 0 Å². The summed E-state index contributed by atoms with van der Waals surface area (Å²) in [4.78, 5) is 24.5. The second-order valence-electron chi connectivity index (χ2n) is 9.87. The summed E-state index contributed by atoms with van der Waals surface area (Å²) < 4.78 is 10.8. The van der Waals surface area contributed by atoms with E-state index in [0.29, 0.717) is 35.4 Å². The van der Waals surface area contributed by atoms with Gasteiger partial charge in [-0.05, 0) is 56.3 Å². The first-order valence-corrected chi connectivity index (χ1v) is 13.2. The summed E-state index contributed by atoms with van der Waals surface area (Å²) >= 11 is 0. The molecule has 0 unspecified atom stereocenters. The van der Waals surface area contributed by atoms with Crippen LogP contribution in [-0.2, 0) is 4.74 Å². The molecule has 4 rings (SSSR count). The molecular formula is C30H36N6O3. The number of hydrogen-bond acceptors (Lipinski definition) is 8. The number of fused-ring (bicyclic) bond motifs is 1. The van der Waals surface area contributed by atoms with Gasteiger partial charge in [0.2, 0.25) is 0 Å². The molecule has 0 spiro atoms. The van der Waals surface area contributed by atoms with Crippen LogP contribution in [0.4, 0.5) is 5.69 Å². The third kappa shape index (κ3) is 6.91. The van der Waals surface area contributed by atoms with Gasteiger partial charge < -0.3 is 25.0 Å². The maximum absolute atomic E-state index is 13.1. The molecule has 3 aromatic rings. The van der Waals surface area contributed by atoms with Gasteiger partial charge in [0.15, 0.2) is 5.82 Å². The van der Waals surface area contributed by atoms with Crippen LogP contribution in [0.2, 0.25) is 0 Å². The number of rotatable bonds is 11. The second kappa shape index (κ2) is 13.2. The number of anilines is 1. The number of hydrogen-bond donors (Lipinski definition) is 2. The topological polar surface area (TPSA) is 112 Å². The van der Waals surface area contributed by atoms with E-state index in [2.05, 4.69) is 45.2 Å². The number of nitrogens with zero attached hydrogens (tertiary/aromatic N) is 4. The van der Waals surface area contributed by atoms with E-state index >= 15 is 0 Å². The van der Waals surface area contributed by atoms with Crippen molar-refractivity contribution in [3.05, 3.63) is 60.4 Å². The third-order valence-electron chi connectivity index (χ3n) is 7.29. The number of benzene rings is 2. The van der Waals surface area contributed by atoms with Crippen LogP contribution < -0.4 is 15.4 Å². The Hall–Kier alpha value is -4.00. The minimum Gasteiger partial charge on any atom is -0.495 e. The number of methoxy groups -OCH3 is 2. The number of likely N-dealkylation sites (N-methyl/N-ethyl adjacent to an activating group) is 1. The Morgan fingerprint density at radius 1 is 1.18 bits per heavy atom. The van der Waals surface area contributed by atoms with Crippen LogP contribution in [-0.4, -0.2) is 73.8 Å². The molecule has 39 heavy (non-hydrogen) atoms. The Morgan fingerprint density at radius 2 is 1.95 bits per heavy atom. The maximum Gasteiger partial charge on any atom is 0.270 e. The van der Waals surface area contributed by atoms with Gasteiger partial charge in [-0.3, -0.25) is 4.79 Å². The van der Waals surface area contributed by atoms with Crippen molar-refractivity contribution in [1.29, 1.82) is 5.26 Å². The van der Waals surface area contributed by atoms with Crippen molar-refractivity contribution >= 4 is 22.4 Å². The predicted molar refractivity (Wildman–Crippen MR) is 153 cm³/mol. The van der Waals surface area contributed by atoms with Crippen LogP contribution in [0.1, 0.15) is 36.2 Å². The highest BCUT2D eigenvalue weighted by molar-refractivity contribution is 5.99. The quantitative estimate of drug-likeness (QED) is 0.352. The minimum absolute atomic E-state index is 0.132. The third-order valence-corrected chi connectivity index (χ3v) is 7.29. The zero-order valence-electron chi connectivity index (χ0n) is 22.9. The summed E-state index contributed by atoms with van der Waals surface area (Å²) in [7, 11) is 5.46. The molecular weight excluding hydrogens is 492 g/mol. The molecule has 1 aliphatic rings. The summed E-state index contributed by atoms with van der Waals surface area (Å²) in [6.45, 7) is 5.69. The highest BCUT2D eigenvalue weighted by atomic mass is 16.5. The molecule has 204 valence electrons. The average Bonchev–Trinajstić information content (AvgIpc) is 2.98. The highest BCUT2D eigenvalue weighted by Gasteiger charge is 2.25. The lowest BCUT2D eigenvalue weighted by Gasteiger charge is -2.34.